The average molecular weight is 351 g/mol. The third-order valence-electron chi connectivity index (χ3n) is 6.07. The Balaban J connectivity index is 1.70. The number of likely N-dealkylation sites (N-methyl/N-ethyl adjacent to an activating group) is 1. The Hall–Kier alpha value is -1.14. The van der Waals surface area contributed by atoms with E-state index in [0.717, 1.165) is 38.9 Å². The van der Waals surface area contributed by atoms with E-state index in [1.165, 1.54) is 0 Å². The summed E-state index contributed by atoms with van der Waals surface area (Å²) in [5.74, 6) is 0.210. The highest BCUT2D eigenvalue weighted by molar-refractivity contribution is 5.92. The second-order valence-electron chi connectivity index (χ2n) is 9.68. The van der Waals surface area contributed by atoms with Gasteiger partial charge in [0.1, 0.15) is 6.04 Å². The second-order valence-corrected chi connectivity index (χ2v) is 9.68. The first kappa shape index (κ1) is 18.6. The number of rotatable bonds is 2. The van der Waals surface area contributed by atoms with Gasteiger partial charge >= 0.3 is 0 Å². The molecular weight excluding hydrogens is 316 g/mol. The zero-order valence-corrected chi connectivity index (χ0v) is 16.5. The topological polar surface area (TPSA) is 55.9 Å². The van der Waals surface area contributed by atoms with Gasteiger partial charge in [0.25, 0.3) is 0 Å². The van der Waals surface area contributed by atoms with Crippen molar-refractivity contribution in [2.75, 3.05) is 40.3 Å². The van der Waals surface area contributed by atoms with Crippen molar-refractivity contribution in [3.8, 4) is 0 Å². The average Bonchev–Trinajstić information content (AvgIpc) is 2.91. The first-order chi connectivity index (χ1) is 11.6. The van der Waals surface area contributed by atoms with Gasteiger partial charge < -0.3 is 20.0 Å². The quantitative estimate of drug-likeness (QED) is 0.805. The van der Waals surface area contributed by atoms with Crippen LogP contribution in [0, 0.1) is 5.41 Å². The summed E-state index contributed by atoms with van der Waals surface area (Å²) in [5, 5.41) is 3.28. The molecule has 0 aromatic rings. The van der Waals surface area contributed by atoms with Crippen LogP contribution in [0.2, 0.25) is 0 Å². The van der Waals surface area contributed by atoms with Crippen molar-refractivity contribution in [2.24, 2.45) is 5.41 Å². The lowest BCUT2D eigenvalue weighted by Gasteiger charge is -2.40. The third kappa shape index (κ3) is 4.00. The van der Waals surface area contributed by atoms with Crippen molar-refractivity contribution >= 4 is 11.8 Å². The fraction of sp³-hybridized carbons (Fsp3) is 0.895. The number of fused-ring (bicyclic) bond motifs is 1. The Morgan fingerprint density at radius 3 is 2.48 bits per heavy atom. The van der Waals surface area contributed by atoms with E-state index in [4.69, 9.17) is 0 Å². The second kappa shape index (κ2) is 6.54. The number of nitrogens with one attached hydrogen (secondary N) is 1. The third-order valence-corrected chi connectivity index (χ3v) is 6.07. The molecule has 6 nitrogen and oxygen atoms in total. The van der Waals surface area contributed by atoms with E-state index in [2.05, 4.69) is 50.0 Å². The molecule has 0 bridgehead atoms. The van der Waals surface area contributed by atoms with E-state index in [0.29, 0.717) is 13.0 Å². The highest BCUT2D eigenvalue weighted by atomic mass is 16.2. The lowest BCUT2D eigenvalue weighted by atomic mass is 9.84. The van der Waals surface area contributed by atoms with E-state index in [9.17, 15) is 9.59 Å². The zero-order chi connectivity index (χ0) is 18.4. The Morgan fingerprint density at radius 2 is 1.88 bits per heavy atom. The SMILES string of the molecule is CN1CCC2(CC1)CC(=O)N1C[C@@H](N(C)CC(C)(C)C)C[C@H]1C(=O)N2. The maximum absolute atomic E-state index is 13.0. The molecule has 0 aliphatic carbocycles. The molecule has 1 N–H and O–H groups in total. The van der Waals surface area contributed by atoms with Gasteiger partial charge in [-0.1, -0.05) is 20.8 Å². The van der Waals surface area contributed by atoms with Crippen molar-refractivity contribution in [3.05, 3.63) is 0 Å². The van der Waals surface area contributed by atoms with Crippen LogP contribution >= 0.6 is 0 Å². The minimum Gasteiger partial charge on any atom is -0.348 e. The molecule has 0 aromatic heterocycles. The highest BCUT2D eigenvalue weighted by Gasteiger charge is 2.49. The number of hydrogen-bond acceptors (Lipinski definition) is 4. The molecule has 0 aromatic carbocycles. The van der Waals surface area contributed by atoms with Crippen molar-refractivity contribution < 1.29 is 9.59 Å². The summed E-state index contributed by atoms with van der Waals surface area (Å²) in [5.41, 5.74) is -0.114. The standard InChI is InChI=1S/C19H34N4O2/c1-18(2,3)13-22(5)14-10-15-17(25)20-19(6-8-21(4)9-7-19)11-16(24)23(15)12-14/h14-15H,6-13H2,1-5H3,(H,20,25)/t14-,15-/m0/s1. The molecule has 3 aliphatic heterocycles. The first-order valence-electron chi connectivity index (χ1n) is 9.59. The number of carbonyl (C=O) groups is 2. The number of nitrogens with zero attached hydrogens (tertiary/aromatic N) is 3. The van der Waals surface area contributed by atoms with E-state index in [1.54, 1.807) is 0 Å². The van der Waals surface area contributed by atoms with Crippen LogP contribution in [-0.2, 0) is 9.59 Å². The van der Waals surface area contributed by atoms with Gasteiger partial charge in [0.15, 0.2) is 0 Å². The van der Waals surface area contributed by atoms with Gasteiger partial charge in [-0.05, 0) is 38.8 Å². The van der Waals surface area contributed by atoms with Gasteiger partial charge in [0.2, 0.25) is 11.8 Å². The highest BCUT2D eigenvalue weighted by Crippen LogP contribution is 2.33. The molecule has 142 valence electrons. The van der Waals surface area contributed by atoms with Gasteiger partial charge in [-0.3, -0.25) is 9.59 Å². The van der Waals surface area contributed by atoms with Crippen LogP contribution < -0.4 is 5.32 Å². The molecule has 2 atom stereocenters. The largest absolute Gasteiger partial charge is 0.348 e. The van der Waals surface area contributed by atoms with Crippen molar-refractivity contribution in [2.45, 2.75) is 64.1 Å². The summed E-state index contributed by atoms with van der Waals surface area (Å²) < 4.78 is 0. The Kier molecular flexibility index (Phi) is 4.88. The maximum atomic E-state index is 13.0. The van der Waals surface area contributed by atoms with Crippen LogP contribution in [0.5, 0.6) is 0 Å². The van der Waals surface area contributed by atoms with E-state index >= 15 is 0 Å². The monoisotopic (exact) mass is 350 g/mol. The van der Waals surface area contributed by atoms with Gasteiger partial charge in [0.05, 0.1) is 12.0 Å². The summed E-state index contributed by atoms with van der Waals surface area (Å²) in [6.07, 6.45) is 2.95. The van der Waals surface area contributed by atoms with Crippen LogP contribution in [0.4, 0.5) is 0 Å². The molecule has 3 fully saturated rings. The van der Waals surface area contributed by atoms with Crippen molar-refractivity contribution in [3.63, 3.8) is 0 Å². The molecule has 6 heteroatoms. The maximum Gasteiger partial charge on any atom is 0.243 e. The molecule has 3 rings (SSSR count). The van der Waals surface area contributed by atoms with Crippen molar-refractivity contribution in [1.82, 2.24) is 20.0 Å². The molecular formula is C19H34N4O2. The molecule has 0 radical (unpaired) electrons. The summed E-state index contributed by atoms with van der Waals surface area (Å²) in [6.45, 7) is 10.2. The van der Waals surface area contributed by atoms with Crippen LogP contribution in [-0.4, -0.2) is 84.4 Å². The number of amides is 2. The van der Waals surface area contributed by atoms with Gasteiger partial charge in [0, 0.05) is 32.2 Å². The lowest BCUT2D eigenvalue weighted by Crippen LogP contribution is -2.55. The molecule has 1 spiro atoms. The molecule has 0 unspecified atom stereocenters. The fourth-order valence-corrected chi connectivity index (χ4v) is 4.66. The molecule has 3 aliphatic rings. The van der Waals surface area contributed by atoms with Gasteiger partial charge in [-0.15, -0.1) is 0 Å². The predicted molar refractivity (Wildman–Crippen MR) is 98.2 cm³/mol. The minimum absolute atomic E-state index is 0.0575. The first-order valence-corrected chi connectivity index (χ1v) is 9.59. The molecule has 3 saturated heterocycles. The number of piperidine rings is 1. The molecule has 25 heavy (non-hydrogen) atoms. The summed E-state index contributed by atoms with van der Waals surface area (Å²) in [6, 6.07) is -0.0237. The Labute approximate surface area is 151 Å². The van der Waals surface area contributed by atoms with Crippen molar-refractivity contribution in [1.29, 1.82) is 0 Å². The predicted octanol–water partition coefficient (Wildman–Crippen LogP) is 0.918. The Morgan fingerprint density at radius 1 is 1.24 bits per heavy atom. The lowest BCUT2D eigenvalue weighted by molar-refractivity contribution is -0.135. The minimum atomic E-state index is -0.322. The normalized spacial score (nSPS) is 30.6. The van der Waals surface area contributed by atoms with Crippen LogP contribution in [0.25, 0.3) is 0 Å². The molecule has 2 amide bonds. The van der Waals surface area contributed by atoms with Gasteiger partial charge in [-0.2, -0.15) is 0 Å². The number of likely N-dealkylation sites (tertiary alicyclic amines) is 1. The summed E-state index contributed by atoms with van der Waals surface area (Å²) in [7, 11) is 4.21. The molecule has 3 heterocycles. The smallest absolute Gasteiger partial charge is 0.243 e. The van der Waals surface area contributed by atoms with Crippen LogP contribution in [0.15, 0.2) is 0 Å². The van der Waals surface area contributed by atoms with Crippen LogP contribution in [0.1, 0.15) is 46.5 Å². The Bertz CT molecular complexity index is 506. The zero-order valence-electron chi connectivity index (χ0n) is 16.5. The summed E-state index contributed by atoms with van der Waals surface area (Å²) in [4.78, 5) is 32.3. The van der Waals surface area contributed by atoms with E-state index < -0.39 is 0 Å². The summed E-state index contributed by atoms with van der Waals surface area (Å²) >= 11 is 0. The number of hydrogen-bond donors (Lipinski definition) is 1. The molecule has 0 saturated carbocycles. The van der Waals surface area contributed by atoms with Crippen LogP contribution in [0.3, 0.4) is 0 Å². The van der Waals surface area contributed by atoms with E-state index in [1.807, 2.05) is 4.90 Å². The number of carbonyl (C=O) groups excluding carboxylic acids is 2. The van der Waals surface area contributed by atoms with E-state index in [-0.39, 0.29) is 34.9 Å². The fourth-order valence-electron chi connectivity index (χ4n) is 4.66. The van der Waals surface area contributed by atoms with Gasteiger partial charge in [-0.25, -0.2) is 0 Å².